The molecular weight excluding hydrogens is 182 g/mol. The number of ketones is 1. The third-order valence-electron chi connectivity index (χ3n) is 1.25. The predicted molar refractivity (Wildman–Crippen MR) is 48.9 cm³/mol. The molecule has 11 heavy (non-hydrogen) atoms. The zero-order valence-electron chi connectivity index (χ0n) is 6.27. The summed E-state index contributed by atoms with van der Waals surface area (Å²) in [5.41, 5.74) is 0. The lowest BCUT2D eigenvalue weighted by Crippen LogP contribution is -1.85. The summed E-state index contributed by atoms with van der Waals surface area (Å²) >= 11 is 7.14. The molecule has 0 aliphatic rings. The summed E-state index contributed by atoms with van der Waals surface area (Å²) in [6, 6.07) is 1.75. The van der Waals surface area contributed by atoms with Gasteiger partial charge in [-0.15, -0.1) is 11.3 Å². The van der Waals surface area contributed by atoms with Crippen LogP contribution in [0.25, 0.3) is 0 Å². The number of thiophene rings is 1. The van der Waals surface area contributed by atoms with Crippen LogP contribution < -0.4 is 5.32 Å². The summed E-state index contributed by atoms with van der Waals surface area (Å²) < 4.78 is 0. The number of Topliss-reactive ketones (excluding diaryl/α,β-unsaturated/α-hetero) is 1. The molecule has 0 spiro atoms. The zero-order valence-corrected chi connectivity index (χ0v) is 7.84. The van der Waals surface area contributed by atoms with Crippen molar-refractivity contribution >= 4 is 33.7 Å². The van der Waals surface area contributed by atoms with Gasteiger partial charge < -0.3 is 5.32 Å². The molecule has 0 aromatic carbocycles. The first kappa shape index (κ1) is 8.56. The average molecular weight is 190 g/mol. The third-order valence-corrected chi connectivity index (χ3v) is 2.92. The van der Waals surface area contributed by atoms with Crippen molar-refractivity contribution in [2.45, 2.75) is 6.92 Å². The molecule has 0 amide bonds. The molecule has 0 saturated heterocycles. The van der Waals surface area contributed by atoms with Crippen LogP contribution in [0.1, 0.15) is 16.6 Å². The number of anilines is 1. The Morgan fingerprint density at radius 2 is 2.36 bits per heavy atom. The Morgan fingerprint density at radius 3 is 2.64 bits per heavy atom. The molecule has 1 aromatic rings. The molecule has 0 unspecified atom stereocenters. The minimum absolute atomic E-state index is 0.0153. The molecule has 0 fully saturated rings. The normalized spacial score (nSPS) is 9.73. The van der Waals surface area contributed by atoms with E-state index in [1.807, 2.05) is 0 Å². The van der Waals surface area contributed by atoms with Crippen molar-refractivity contribution in [2.75, 3.05) is 12.4 Å². The fourth-order valence-electron chi connectivity index (χ4n) is 0.732. The van der Waals surface area contributed by atoms with Gasteiger partial charge in [0.25, 0.3) is 0 Å². The lowest BCUT2D eigenvalue weighted by molar-refractivity contribution is 0.102. The van der Waals surface area contributed by atoms with Crippen LogP contribution >= 0.6 is 22.9 Å². The molecule has 0 radical (unpaired) electrons. The highest BCUT2D eigenvalue weighted by Crippen LogP contribution is 2.30. The van der Waals surface area contributed by atoms with E-state index in [0.717, 1.165) is 5.00 Å². The summed E-state index contributed by atoms with van der Waals surface area (Å²) in [4.78, 5) is 11.5. The Bertz CT molecular complexity index is 282. The number of halogens is 1. The molecule has 1 rings (SSSR count). The number of carbonyl (C=O) groups is 1. The first-order valence-electron chi connectivity index (χ1n) is 3.13. The van der Waals surface area contributed by atoms with Crippen LogP contribution in [0.2, 0.25) is 5.02 Å². The number of nitrogens with one attached hydrogen (secondary N) is 1. The summed E-state index contributed by atoms with van der Waals surface area (Å²) in [5.74, 6) is 0.0153. The smallest absolute Gasteiger partial charge is 0.171 e. The molecule has 0 atom stereocenters. The zero-order chi connectivity index (χ0) is 8.43. The van der Waals surface area contributed by atoms with Gasteiger partial charge in [-0.1, -0.05) is 11.6 Å². The van der Waals surface area contributed by atoms with Crippen molar-refractivity contribution in [1.82, 2.24) is 0 Å². The van der Waals surface area contributed by atoms with Crippen LogP contribution in [0.5, 0.6) is 0 Å². The Morgan fingerprint density at radius 1 is 1.73 bits per heavy atom. The first-order valence-corrected chi connectivity index (χ1v) is 4.32. The molecule has 0 saturated carbocycles. The molecule has 4 heteroatoms. The molecule has 1 heterocycles. The summed E-state index contributed by atoms with van der Waals surface area (Å²) in [5, 5.41) is 4.38. The Hall–Kier alpha value is -0.540. The van der Waals surface area contributed by atoms with Crippen LogP contribution in [-0.4, -0.2) is 12.8 Å². The van der Waals surface area contributed by atoms with Gasteiger partial charge in [0.1, 0.15) is 0 Å². The second-order valence-electron chi connectivity index (χ2n) is 2.09. The fraction of sp³-hybridized carbons (Fsp3) is 0.286. The topological polar surface area (TPSA) is 29.1 Å². The summed E-state index contributed by atoms with van der Waals surface area (Å²) in [7, 11) is 1.80. The maximum Gasteiger partial charge on any atom is 0.171 e. The van der Waals surface area contributed by atoms with E-state index in [0.29, 0.717) is 9.90 Å². The van der Waals surface area contributed by atoms with Gasteiger partial charge in [-0.25, -0.2) is 0 Å². The quantitative estimate of drug-likeness (QED) is 0.725. The second-order valence-corrected chi connectivity index (χ2v) is 3.55. The summed E-state index contributed by atoms with van der Waals surface area (Å²) in [6.07, 6.45) is 0. The lowest BCUT2D eigenvalue weighted by Gasteiger charge is -1.88. The van der Waals surface area contributed by atoms with Gasteiger partial charge in [-0.3, -0.25) is 4.79 Å². The number of carbonyl (C=O) groups excluding carboxylic acids is 1. The van der Waals surface area contributed by atoms with Crippen molar-refractivity contribution in [3.63, 3.8) is 0 Å². The van der Waals surface area contributed by atoms with E-state index in [1.54, 1.807) is 13.1 Å². The molecule has 1 N–H and O–H groups in total. The molecule has 0 aliphatic heterocycles. The van der Waals surface area contributed by atoms with Gasteiger partial charge in [0.05, 0.1) is 14.9 Å². The highest BCUT2D eigenvalue weighted by molar-refractivity contribution is 7.18. The van der Waals surface area contributed by atoms with Crippen LogP contribution in [0.4, 0.5) is 5.00 Å². The molecule has 1 aromatic heterocycles. The van der Waals surface area contributed by atoms with Crippen molar-refractivity contribution in [3.05, 3.63) is 16.0 Å². The summed E-state index contributed by atoms with van der Waals surface area (Å²) in [6.45, 7) is 1.51. The molecule has 2 nitrogen and oxygen atoms in total. The van der Waals surface area contributed by atoms with Crippen LogP contribution in [-0.2, 0) is 0 Å². The van der Waals surface area contributed by atoms with E-state index in [1.165, 1.54) is 18.3 Å². The van der Waals surface area contributed by atoms with E-state index in [4.69, 9.17) is 11.6 Å². The van der Waals surface area contributed by atoms with Crippen molar-refractivity contribution in [2.24, 2.45) is 0 Å². The van der Waals surface area contributed by atoms with E-state index < -0.39 is 0 Å². The molecular formula is C7H8ClNOS. The lowest BCUT2D eigenvalue weighted by atomic mass is 10.3. The number of rotatable bonds is 2. The van der Waals surface area contributed by atoms with Crippen LogP contribution in [0, 0.1) is 0 Å². The average Bonchev–Trinajstić information content (AvgIpc) is 2.30. The van der Waals surface area contributed by atoms with Crippen molar-refractivity contribution < 1.29 is 4.79 Å². The predicted octanol–water partition coefficient (Wildman–Crippen LogP) is 2.65. The van der Waals surface area contributed by atoms with E-state index in [9.17, 15) is 4.79 Å². The van der Waals surface area contributed by atoms with Gasteiger partial charge in [-0.05, 0) is 6.07 Å². The third kappa shape index (κ3) is 1.73. The molecule has 60 valence electrons. The largest absolute Gasteiger partial charge is 0.380 e. The van der Waals surface area contributed by atoms with Gasteiger partial charge in [0.15, 0.2) is 5.78 Å². The molecule has 0 aliphatic carbocycles. The highest BCUT2D eigenvalue weighted by Gasteiger charge is 2.09. The minimum atomic E-state index is 0.0153. The minimum Gasteiger partial charge on any atom is -0.380 e. The van der Waals surface area contributed by atoms with Crippen molar-refractivity contribution in [1.29, 1.82) is 0 Å². The standard InChI is InChI=1S/C7H8ClNOS/c1-4(10)7-5(8)3-6(9-2)11-7/h3,9H,1-2H3. The fourth-order valence-corrected chi connectivity index (χ4v) is 1.95. The van der Waals surface area contributed by atoms with Crippen LogP contribution in [0.3, 0.4) is 0 Å². The number of hydrogen-bond donors (Lipinski definition) is 1. The SMILES string of the molecule is CNc1cc(Cl)c(C(C)=O)s1. The van der Waals surface area contributed by atoms with Crippen molar-refractivity contribution in [3.8, 4) is 0 Å². The maximum atomic E-state index is 10.9. The second kappa shape index (κ2) is 3.24. The number of hydrogen-bond acceptors (Lipinski definition) is 3. The van der Waals surface area contributed by atoms with E-state index in [-0.39, 0.29) is 5.78 Å². The van der Waals surface area contributed by atoms with Gasteiger partial charge in [-0.2, -0.15) is 0 Å². The monoisotopic (exact) mass is 189 g/mol. The highest BCUT2D eigenvalue weighted by atomic mass is 35.5. The Labute approximate surface area is 74.2 Å². The Kier molecular flexibility index (Phi) is 2.52. The molecule has 0 bridgehead atoms. The van der Waals surface area contributed by atoms with Gasteiger partial charge >= 0.3 is 0 Å². The van der Waals surface area contributed by atoms with E-state index >= 15 is 0 Å². The Balaban J connectivity index is 3.07. The van der Waals surface area contributed by atoms with Crippen LogP contribution in [0.15, 0.2) is 6.07 Å². The first-order chi connectivity index (χ1) is 5.15. The maximum absolute atomic E-state index is 10.9. The van der Waals surface area contributed by atoms with Gasteiger partial charge in [0, 0.05) is 14.0 Å². The van der Waals surface area contributed by atoms with E-state index in [2.05, 4.69) is 5.32 Å². The van der Waals surface area contributed by atoms with Gasteiger partial charge in [0.2, 0.25) is 0 Å².